The Kier molecular flexibility index (Phi) is 5.37. The van der Waals surface area contributed by atoms with Crippen LogP contribution in [0.15, 0.2) is 55.0 Å². The summed E-state index contributed by atoms with van der Waals surface area (Å²) in [5.41, 5.74) is 0.574. The van der Waals surface area contributed by atoms with E-state index in [9.17, 15) is 4.79 Å². The molecule has 1 rings (SSSR count). The van der Waals surface area contributed by atoms with Crippen molar-refractivity contribution < 1.29 is 15.0 Å². The lowest BCUT2D eigenvalue weighted by atomic mass is 10.2. The van der Waals surface area contributed by atoms with Crippen LogP contribution < -0.4 is 0 Å². The molecule has 1 aromatic carbocycles. The first-order chi connectivity index (χ1) is 8.29. The predicted octanol–water partition coefficient (Wildman–Crippen LogP) is 2.27. The minimum absolute atomic E-state index is 0.151. The maximum absolute atomic E-state index is 12.1. The first-order valence-corrected chi connectivity index (χ1v) is 5.22. The molecule has 4 heteroatoms. The molecule has 4 nitrogen and oxygen atoms in total. The van der Waals surface area contributed by atoms with Crippen molar-refractivity contribution in [3.8, 4) is 0 Å². The Labute approximate surface area is 100 Å². The smallest absolute Gasteiger partial charge is 0.254 e. The molecule has 0 aliphatic heterocycles. The quantitative estimate of drug-likeness (QED) is 0.767. The Bertz CT molecular complexity index is 384. The Balaban J connectivity index is 2.78. The van der Waals surface area contributed by atoms with E-state index in [1.165, 1.54) is 17.1 Å². The van der Waals surface area contributed by atoms with Gasteiger partial charge in [0.1, 0.15) is 0 Å². The largest absolute Gasteiger partial charge is 0.516 e. The van der Waals surface area contributed by atoms with Gasteiger partial charge >= 0.3 is 0 Å². The Morgan fingerprint density at radius 1 is 1.06 bits per heavy atom. The van der Waals surface area contributed by atoms with Crippen molar-refractivity contribution in [3.05, 3.63) is 60.6 Å². The summed E-state index contributed by atoms with van der Waals surface area (Å²) in [6.45, 7) is 0.573. The molecule has 0 fully saturated rings. The number of carbonyl (C=O) groups is 1. The lowest BCUT2D eigenvalue weighted by Gasteiger charge is -2.19. The molecule has 0 aromatic heterocycles. The monoisotopic (exact) mass is 233 g/mol. The topological polar surface area (TPSA) is 60.8 Å². The van der Waals surface area contributed by atoms with E-state index >= 15 is 0 Å². The molecular weight excluding hydrogens is 218 g/mol. The van der Waals surface area contributed by atoms with Crippen LogP contribution in [0.25, 0.3) is 0 Å². The molecule has 0 aliphatic rings. The van der Waals surface area contributed by atoms with Gasteiger partial charge in [-0.05, 0) is 24.3 Å². The summed E-state index contributed by atoms with van der Waals surface area (Å²) in [5, 5.41) is 17.2. The van der Waals surface area contributed by atoms with Gasteiger partial charge in [0.25, 0.3) is 5.91 Å². The number of carbonyl (C=O) groups excluding carboxylic acids is 1. The summed E-state index contributed by atoms with van der Waals surface area (Å²) in [4.78, 5) is 13.5. The van der Waals surface area contributed by atoms with Crippen molar-refractivity contribution in [2.24, 2.45) is 0 Å². The van der Waals surface area contributed by atoms with Gasteiger partial charge in [-0.3, -0.25) is 4.79 Å². The van der Waals surface area contributed by atoms with Gasteiger partial charge in [-0.15, -0.1) is 0 Å². The van der Waals surface area contributed by atoms with E-state index in [-0.39, 0.29) is 19.0 Å². The Morgan fingerprint density at radius 2 is 1.59 bits per heavy atom. The number of rotatable bonds is 5. The number of hydrogen-bond acceptors (Lipinski definition) is 3. The average Bonchev–Trinajstić information content (AvgIpc) is 2.39. The number of aliphatic hydroxyl groups is 2. The third-order valence-electron chi connectivity index (χ3n) is 2.17. The third-order valence-corrected chi connectivity index (χ3v) is 2.17. The number of hydrogen-bond donors (Lipinski definition) is 2. The van der Waals surface area contributed by atoms with Gasteiger partial charge in [-0.25, -0.2) is 0 Å². The Morgan fingerprint density at radius 3 is 2.06 bits per heavy atom. The maximum Gasteiger partial charge on any atom is 0.254 e. The highest BCUT2D eigenvalue weighted by Crippen LogP contribution is 2.04. The summed E-state index contributed by atoms with van der Waals surface area (Å²) in [5.74, 6) is -0.151. The fourth-order valence-corrected chi connectivity index (χ4v) is 1.35. The first kappa shape index (κ1) is 12.8. The number of amides is 1. The van der Waals surface area contributed by atoms with Crippen LogP contribution in [-0.4, -0.2) is 34.1 Å². The van der Waals surface area contributed by atoms with E-state index in [1.54, 1.807) is 24.3 Å². The van der Waals surface area contributed by atoms with Crippen LogP contribution in [0, 0.1) is 0 Å². The van der Waals surface area contributed by atoms with Gasteiger partial charge in [0, 0.05) is 18.7 Å². The van der Waals surface area contributed by atoms with Crippen molar-refractivity contribution in [2.75, 3.05) is 13.1 Å². The van der Waals surface area contributed by atoms with Crippen LogP contribution >= 0.6 is 0 Å². The van der Waals surface area contributed by atoms with E-state index < -0.39 is 0 Å². The molecule has 0 heterocycles. The third kappa shape index (κ3) is 4.03. The van der Waals surface area contributed by atoms with Crippen molar-refractivity contribution in [3.63, 3.8) is 0 Å². The second kappa shape index (κ2) is 7.11. The predicted molar refractivity (Wildman–Crippen MR) is 65.9 cm³/mol. The SMILES string of the molecule is O=C(c1ccccc1)N(CC=CO)CC=CO. The second-order valence-electron chi connectivity index (χ2n) is 3.35. The Hall–Kier alpha value is -2.23. The zero-order valence-corrected chi connectivity index (χ0v) is 9.36. The number of aliphatic hydroxyl groups excluding tert-OH is 2. The zero-order chi connectivity index (χ0) is 12.5. The highest BCUT2D eigenvalue weighted by molar-refractivity contribution is 5.94. The van der Waals surface area contributed by atoms with Gasteiger partial charge in [0.05, 0.1) is 12.5 Å². The molecule has 90 valence electrons. The molecule has 2 N–H and O–H groups in total. The first-order valence-electron chi connectivity index (χ1n) is 5.22. The minimum Gasteiger partial charge on any atom is -0.516 e. The molecule has 1 aromatic rings. The van der Waals surface area contributed by atoms with Gasteiger partial charge in [0.2, 0.25) is 0 Å². The zero-order valence-electron chi connectivity index (χ0n) is 9.36. The molecule has 1 amide bonds. The summed E-state index contributed by atoms with van der Waals surface area (Å²) in [6, 6.07) is 8.86. The van der Waals surface area contributed by atoms with Crippen LogP contribution in [-0.2, 0) is 0 Å². The molecule has 17 heavy (non-hydrogen) atoms. The fourth-order valence-electron chi connectivity index (χ4n) is 1.35. The van der Waals surface area contributed by atoms with Gasteiger partial charge < -0.3 is 15.1 Å². The number of benzene rings is 1. The molecule has 0 spiro atoms. The highest BCUT2D eigenvalue weighted by Gasteiger charge is 2.12. The van der Waals surface area contributed by atoms with Crippen molar-refractivity contribution in [1.29, 1.82) is 0 Å². The molecule has 0 radical (unpaired) electrons. The lowest BCUT2D eigenvalue weighted by Crippen LogP contribution is -2.31. The van der Waals surface area contributed by atoms with Crippen molar-refractivity contribution >= 4 is 5.91 Å². The maximum atomic E-state index is 12.1. The molecule has 0 saturated heterocycles. The highest BCUT2D eigenvalue weighted by atomic mass is 16.2. The van der Waals surface area contributed by atoms with Crippen molar-refractivity contribution in [2.45, 2.75) is 0 Å². The van der Waals surface area contributed by atoms with Gasteiger partial charge in [0.15, 0.2) is 0 Å². The molecule has 0 unspecified atom stereocenters. The van der Waals surface area contributed by atoms with E-state index in [2.05, 4.69) is 0 Å². The summed E-state index contributed by atoms with van der Waals surface area (Å²) in [6.07, 6.45) is 4.72. The summed E-state index contributed by atoms with van der Waals surface area (Å²) >= 11 is 0. The second-order valence-corrected chi connectivity index (χ2v) is 3.35. The van der Waals surface area contributed by atoms with E-state index in [0.717, 1.165) is 12.5 Å². The summed E-state index contributed by atoms with van der Waals surface area (Å²) < 4.78 is 0. The van der Waals surface area contributed by atoms with E-state index in [1.807, 2.05) is 6.07 Å². The normalized spacial score (nSPS) is 11.1. The molecule has 0 atom stereocenters. The average molecular weight is 233 g/mol. The summed E-state index contributed by atoms with van der Waals surface area (Å²) in [7, 11) is 0. The molecule has 0 saturated carbocycles. The van der Waals surface area contributed by atoms with Gasteiger partial charge in [-0.1, -0.05) is 18.2 Å². The van der Waals surface area contributed by atoms with Crippen LogP contribution in [0.4, 0.5) is 0 Å². The van der Waals surface area contributed by atoms with E-state index in [4.69, 9.17) is 10.2 Å². The van der Waals surface area contributed by atoms with Crippen LogP contribution in [0.1, 0.15) is 10.4 Å². The van der Waals surface area contributed by atoms with Crippen LogP contribution in [0.5, 0.6) is 0 Å². The minimum atomic E-state index is -0.151. The molecular formula is C13H15NO3. The standard InChI is InChI=1S/C13H15NO3/c15-10-4-8-14(9-5-11-16)13(17)12-6-2-1-3-7-12/h1-7,10-11,15-16H,8-9H2. The van der Waals surface area contributed by atoms with Gasteiger partial charge in [-0.2, -0.15) is 0 Å². The van der Waals surface area contributed by atoms with Crippen LogP contribution in [0.3, 0.4) is 0 Å². The molecule has 0 aliphatic carbocycles. The van der Waals surface area contributed by atoms with Crippen LogP contribution in [0.2, 0.25) is 0 Å². The molecule has 0 bridgehead atoms. The van der Waals surface area contributed by atoms with E-state index in [0.29, 0.717) is 5.56 Å². The lowest BCUT2D eigenvalue weighted by molar-refractivity contribution is 0.0790. The number of nitrogens with zero attached hydrogens (tertiary/aromatic N) is 1. The fraction of sp³-hybridized carbons (Fsp3) is 0.154. The van der Waals surface area contributed by atoms with Crippen molar-refractivity contribution in [1.82, 2.24) is 4.90 Å².